The maximum Gasteiger partial charge on any atom is 0.325 e. The first-order valence-electron chi connectivity index (χ1n) is 10.8. The lowest BCUT2D eigenvalue weighted by Gasteiger charge is -2.28. The van der Waals surface area contributed by atoms with Crippen molar-refractivity contribution in [2.24, 2.45) is 0 Å². The Bertz CT molecular complexity index is 798. The van der Waals surface area contributed by atoms with E-state index in [4.69, 9.17) is 4.74 Å². The second-order valence-electron chi connectivity index (χ2n) is 8.45. The van der Waals surface area contributed by atoms with Gasteiger partial charge in [0.25, 0.3) is 5.91 Å². The van der Waals surface area contributed by atoms with Crippen LogP contribution in [-0.2, 0) is 9.59 Å². The van der Waals surface area contributed by atoms with Gasteiger partial charge in [0.15, 0.2) is 0 Å². The highest BCUT2D eigenvalue weighted by Crippen LogP contribution is 2.35. The Hall–Kier alpha value is -2.61. The van der Waals surface area contributed by atoms with Crippen molar-refractivity contribution in [3.05, 3.63) is 29.8 Å². The van der Waals surface area contributed by atoms with Crippen molar-refractivity contribution in [1.29, 1.82) is 0 Å². The number of carbonyl (C=O) groups is 3. The Labute approximate surface area is 176 Å². The molecule has 4 rings (SSSR count). The molecule has 4 amide bonds. The Morgan fingerprint density at radius 3 is 2.43 bits per heavy atom. The average Bonchev–Trinajstić information content (AvgIpc) is 3.49. The number of amides is 4. The number of benzene rings is 1. The minimum Gasteiger partial charge on any atom is -0.497 e. The van der Waals surface area contributed by atoms with E-state index in [9.17, 15) is 14.4 Å². The topological polar surface area (TPSA) is 91.0 Å². The third-order valence-electron chi connectivity index (χ3n) is 6.58. The predicted molar refractivity (Wildman–Crippen MR) is 111 cm³/mol. The molecule has 1 aliphatic carbocycles. The van der Waals surface area contributed by atoms with Gasteiger partial charge in [-0.05, 0) is 56.5 Å². The lowest BCUT2D eigenvalue weighted by molar-refractivity contribution is -0.134. The Kier molecular flexibility index (Phi) is 5.94. The number of hydrogen-bond acceptors (Lipinski definition) is 5. The molecule has 0 bridgehead atoms. The highest BCUT2D eigenvalue weighted by Gasteiger charge is 2.52. The minimum atomic E-state index is -0.779. The van der Waals surface area contributed by atoms with Crippen LogP contribution in [-0.4, -0.2) is 66.5 Å². The quantitative estimate of drug-likeness (QED) is 0.664. The lowest BCUT2D eigenvalue weighted by Crippen LogP contribution is -2.46. The normalized spacial score (nSPS) is 21.8. The summed E-state index contributed by atoms with van der Waals surface area (Å²) in [6.45, 7) is 2.17. The molecule has 0 aromatic heterocycles. The zero-order valence-corrected chi connectivity index (χ0v) is 17.5. The molecule has 162 valence electrons. The molecular formula is C22H30N4O4. The number of ether oxygens (including phenoxy) is 1. The minimum absolute atomic E-state index is 0.0478. The third kappa shape index (κ3) is 4.01. The molecule has 1 aromatic carbocycles. The van der Waals surface area contributed by atoms with E-state index in [1.165, 1.54) is 0 Å². The molecule has 2 saturated heterocycles. The van der Waals surface area contributed by atoms with Crippen molar-refractivity contribution in [2.75, 3.05) is 33.3 Å². The lowest BCUT2D eigenvalue weighted by atomic mass is 9.98. The standard InChI is InChI=1S/C22H30N4O4/c1-30-17-8-6-16(7-9-17)18(25-12-4-5-13-25)14-23-19(27)15-26-20(28)22(24-21(26)29)10-2-3-11-22/h6-9,18H,2-5,10-15H2,1H3,(H,23,27)(H,24,29)/t18-/m0/s1. The van der Waals surface area contributed by atoms with Crippen LogP contribution in [0, 0.1) is 0 Å². The van der Waals surface area contributed by atoms with Gasteiger partial charge >= 0.3 is 6.03 Å². The van der Waals surface area contributed by atoms with Crippen LogP contribution in [0.4, 0.5) is 4.79 Å². The fourth-order valence-electron chi connectivity index (χ4n) is 4.88. The smallest absolute Gasteiger partial charge is 0.325 e. The van der Waals surface area contributed by atoms with Gasteiger partial charge in [0.1, 0.15) is 17.8 Å². The molecule has 1 aromatic rings. The molecule has 3 fully saturated rings. The first-order valence-corrected chi connectivity index (χ1v) is 10.8. The first kappa shape index (κ1) is 20.7. The summed E-state index contributed by atoms with van der Waals surface area (Å²) < 4.78 is 5.25. The summed E-state index contributed by atoms with van der Waals surface area (Å²) in [7, 11) is 1.64. The molecule has 30 heavy (non-hydrogen) atoms. The first-order chi connectivity index (χ1) is 14.5. The zero-order chi connectivity index (χ0) is 21.1. The van der Waals surface area contributed by atoms with Crippen molar-refractivity contribution >= 4 is 17.8 Å². The number of carbonyl (C=O) groups excluding carboxylic acids is 3. The van der Waals surface area contributed by atoms with Gasteiger partial charge < -0.3 is 15.4 Å². The van der Waals surface area contributed by atoms with Crippen LogP contribution in [0.3, 0.4) is 0 Å². The molecule has 2 aliphatic heterocycles. The fourth-order valence-corrected chi connectivity index (χ4v) is 4.88. The van der Waals surface area contributed by atoms with Crippen molar-refractivity contribution in [2.45, 2.75) is 50.1 Å². The largest absolute Gasteiger partial charge is 0.497 e. The summed E-state index contributed by atoms with van der Waals surface area (Å²) in [5, 5.41) is 5.77. The summed E-state index contributed by atoms with van der Waals surface area (Å²) in [4.78, 5) is 41.1. The van der Waals surface area contributed by atoms with Crippen LogP contribution in [0.5, 0.6) is 5.75 Å². The highest BCUT2D eigenvalue weighted by atomic mass is 16.5. The Balaban J connectivity index is 1.38. The van der Waals surface area contributed by atoms with Crippen LogP contribution in [0.15, 0.2) is 24.3 Å². The van der Waals surface area contributed by atoms with Crippen LogP contribution in [0.2, 0.25) is 0 Å². The van der Waals surface area contributed by atoms with E-state index in [0.29, 0.717) is 19.4 Å². The summed E-state index contributed by atoms with van der Waals surface area (Å²) in [6, 6.07) is 7.49. The van der Waals surface area contributed by atoms with Gasteiger partial charge in [-0.1, -0.05) is 25.0 Å². The summed E-state index contributed by atoms with van der Waals surface area (Å²) in [5.74, 6) is 0.222. The van der Waals surface area contributed by atoms with Crippen LogP contribution in [0.1, 0.15) is 50.1 Å². The molecule has 2 heterocycles. The van der Waals surface area contributed by atoms with E-state index in [-0.39, 0.29) is 24.4 Å². The van der Waals surface area contributed by atoms with E-state index >= 15 is 0 Å². The van der Waals surface area contributed by atoms with Crippen molar-refractivity contribution in [3.63, 3.8) is 0 Å². The number of nitrogens with zero attached hydrogens (tertiary/aromatic N) is 2. The number of nitrogens with one attached hydrogen (secondary N) is 2. The van der Waals surface area contributed by atoms with Gasteiger partial charge in [-0.15, -0.1) is 0 Å². The third-order valence-corrected chi connectivity index (χ3v) is 6.58. The van der Waals surface area contributed by atoms with Crippen LogP contribution < -0.4 is 15.4 Å². The van der Waals surface area contributed by atoms with Gasteiger partial charge in [0.05, 0.1) is 13.2 Å². The summed E-state index contributed by atoms with van der Waals surface area (Å²) in [6.07, 6.45) is 5.45. The number of rotatable bonds is 7. The van der Waals surface area contributed by atoms with Crippen molar-refractivity contribution in [1.82, 2.24) is 20.4 Å². The second kappa shape index (κ2) is 8.63. The molecule has 0 radical (unpaired) electrons. The molecule has 1 spiro atoms. The fraction of sp³-hybridized carbons (Fsp3) is 0.591. The average molecular weight is 415 g/mol. The van der Waals surface area contributed by atoms with Gasteiger partial charge in [-0.25, -0.2) is 4.79 Å². The van der Waals surface area contributed by atoms with Gasteiger partial charge in [0.2, 0.25) is 5.91 Å². The van der Waals surface area contributed by atoms with Crippen molar-refractivity contribution in [3.8, 4) is 5.75 Å². The predicted octanol–water partition coefficient (Wildman–Crippen LogP) is 1.81. The van der Waals surface area contributed by atoms with Gasteiger partial charge in [-0.3, -0.25) is 19.4 Å². The number of hydrogen-bond donors (Lipinski definition) is 2. The van der Waals surface area contributed by atoms with E-state index in [2.05, 4.69) is 15.5 Å². The molecule has 3 aliphatic rings. The molecular weight excluding hydrogens is 384 g/mol. The highest BCUT2D eigenvalue weighted by molar-refractivity contribution is 6.09. The number of likely N-dealkylation sites (tertiary alicyclic amines) is 1. The Morgan fingerprint density at radius 2 is 1.80 bits per heavy atom. The number of methoxy groups -OCH3 is 1. The van der Waals surface area contributed by atoms with Gasteiger partial charge in [0, 0.05) is 6.54 Å². The molecule has 0 unspecified atom stereocenters. The maximum atomic E-state index is 12.7. The molecule has 1 atom stereocenters. The summed E-state index contributed by atoms with van der Waals surface area (Å²) >= 11 is 0. The molecule has 8 nitrogen and oxygen atoms in total. The van der Waals surface area contributed by atoms with Crippen LogP contribution in [0.25, 0.3) is 0 Å². The molecule has 1 saturated carbocycles. The van der Waals surface area contributed by atoms with Crippen molar-refractivity contribution < 1.29 is 19.1 Å². The van der Waals surface area contributed by atoms with E-state index in [0.717, 1.165) is 55.0 Å². The molecule has 8 heteroatoms. The second-order valence-corrected chi connectivity index (χ2v) is 8.45. The number of imide groups is 1. The molecule has 2 N–H and O–H groups in total. The maximum absolute atomic E-state index is 12.7. The summed E-state index contributed by atoms with van der Waals surface area (Å²) in [5.41, 5.74) is 0.330. The van der Waals surface area contributed by atoms with Gasteiger partial charge in [-0.2, -0.15) is 0 Å². The zero-order valence-electron chi connectivity index (χ0n) is 17.5. The van der Waals surface area contributed by atoms with Crippen LogP contribution >= 0.6 is 0 Å². The van der Waals surface area contributed by atoms with E-state index in [1.54, 1.807) is 7.11 Å². The Morgan fingerprint density at radius 1 is 1.13 bits per heavy atom. The monoisotopic (exact) mass is 414 g/mol. The van der Waals surface area contributed by atoms with E-state index in [1.807, 2.05) is 24.3 Å². The SMILES string of the molecule is COc1ccc([C@H](CNC(=O)CN2C(=O)NC3(CCCC3)C2=O)N2CCCC2)cc1. The van der Waals surface area contributed by atoms with E-state index < -0.39 is 11.6 Å². The number of urea groups is 1.